The van der Waals surface area contributed by atoms with Gasteiger partial charge in [-0.2, -0.15) is 0 Å². The summed E-state index contributed by atoms with van der Waals surface area (Å²) in [4.78, 5) is 16.7. The lowest BCUT2D eigenvalue weighted by atomic mass is 10.1. The number of nitrogens with zero attached hydrogens (tertiary/aromatic N) is 2. The molecule has 0 saturated heterocycles. The fourth-order valence-corrected chi connectivity index (χ4v) is 2.80. The SMILES string of the molecule is O=[PH](O)O[C@H]1CC(Nc2ccncn2)CC1CO. The van der Waals surface area contributed by atoms with Crippen LogP contribution in [0.25, 0.3) is 0 Å². The molecule has 1 heterocycles. The van der Waals surface area contributed by atoms with Gasteiger partial charge in [0.15, 0.2) is 0 Å². The molecule has 1 aliphatic rings. The Bertz CT molecular complexity index is 405. The topological polar surface area (TPSA) is 105 Å². The van der Waals surface area contributed by atoms with Gasteiger partial charge in [0.25, 0.3) is 0 Å². The van der Waals surface area contributed by atoms with Gasteiger partial charge in [-0.15, -0.1) is 0 Å². The average molecular weight is 273 g/mol. The van der Waals surface area contributed by atoms with Crippen molar-refractivity contribution in [3.8, 4) is 0 Å². The van der Waals surface area contributed by atoms with Crippen molar-refractivity contribution in [3.05, 3.63) is 18.6 Å². The lowest BCUT2D eigenvalue weighted by molar-refractivity contribution is 0.106. The molecular formula is C10H16N3O4P. The van der Waals surface area contributed by atoms with Crippen LogP contribution >= 0.6 is 8.25 Å². The average Bonchev–Trinajstić information content (AvgIpc) is 2.71. The maximum atomic E-state index is 10.7. The smallest absolute Gasteiger partial charge is 0.316 e. The molecule has 4 atom stereocenters. The number of rotatable bonds is 5. The summed E-state index contributed by atoms with van der Waals surface area (Å²) in [5.74, 6) is 0.578. The van der Waals surface area contributed by atoms with Gasteiger partial charge in [-0.05, 0) is 18.9 Å². The summed E-state index contributed by atoms with van der Waals surface area (Å²) < 4.78 is 15.7. The van der Waals surface area contributed by atoms with E-state index >= 15 is 0 Å². The van der Waals surface area contributed by atoms with Gasteiger partial charge in [0, 0.05) is 24.8 Å². The van der Waals surface area contributed by atoms with Crippen molar-refractivity contribution >= 4 is 14.1 Å². The largest absolute Gasteiger partial charge is 0.396 e. The molecule has 1 aliphatic carbocycles. The number of hydrogen-bond donors (Lipinski definition) is 3. The molecule has 0 amide bonds. The van der Waals surface area contributed by atoms with E-state index < -0.39 is 8.25 Å². The summed E-state index contributed by atoms with van der Waals surface area (Å²) in [6, 6.07) is 1.82. The van der Waals surface area contributed by atoms with E-state index in [4.69, 9.17) is 9.42 Å². The van der Waals surface area contributed by atoms with Crippen molar-refractivity contribution in [1.29, 1.82) is 0 Å². The van der Waals surface area contributed by atoms with Crippen molar-refractivity contribution < 1.29 is 19.1 Å². The fourth-order valence-electron chi connectivity index (χ4n) is 2.26. The highest BCUT2D eigenvalue weighted by atomic mass is 31.1. The van der Waals surface area contributed by atoms with Gasteiger partial charge < -0.3 is 19.8 Å². The number of aromatic nitrogens is 2. The number of aliphatic hydroxyl groups excluding tert-OH is 1. The molecular weight excluding hydrogens is 257 g/mol. The minimum absolute atomic E-state index is 0.0538. The summed E-state index contributed by atoms with van der Waals surface area (Å²) in [5, 5.41) is 12.4. The van der Waals surface area contributed by atoms with Crippen LogP contribution in [-0.4, -0.2) is 38.7 Å². The minimum Gasteiger partial charge on any atom is -0.396 e. The second-order valence-electron chi connectivity index (χ2n) is 4.27. The van der Waals surface area contributed by atoms with E-state index in [9.17, 15) is 9.67 Å². The van der Waals surface area contributed by atoms with Crippen molar-refractivity contribution in [1.82, 2.24) is 9.97 Å². The summed E-state index contributed by atoms with van der Waals surface area (Å²) in [6.07, 6.45) is 3.95. The van der Waals surface area contributed by atoms with Gasteiger partial charge in [0.1, 0.15) is 12.1 Å². The van der Waals surface area contributed by atoms with Gasteiger partial charge in [-0.25, -0.2) is 9.97 Å². The van der Waals surface area contributed by atoms with Crippen molar-refractivity contribution in [2.45, 2.75) is 25.0 Å². The number of hydrogen-bond acceptors (Lipinski definition) is 6. The van der Waals surface area contributed by atoms with Crippen LogP contribution in [0.4, 0.5) is 5.82 Å². The Morgan fingerprint density at radius 2 is 2.39 bits per heavy atom. The lowest BCUT2D eigenvalue weighted by Gasteiger charge is -2.14. The molecule has 0 radical (unpaired) electrons. The van der Waals surface area contributed by atoms with Gasteiger partial charge in [-0.3, -0.25) is 4.57 Å². The second-order valence-corrected chi connectivity index (χ2v) is 5.04. The first-order valence-corrected chi connectivity index (χ1v) is 6.98. The summed E-state index contributed by atoms with van der Waals surface area (Å²) in [5.41, 5.74) is 0. The van der Waals surface area contributed by atoms with E-state index in [1.165, 1.54) is 6.33 Å². The van der Waals surface area contributed by atoms with E-state index in [0.29, 0.717) is 18.7 Å². The normalized spacial score (nSPS) is 29.1. The molecule has 0 spiro atoms. The van der Waals surface area contributed by atoms with Crippen molar-refractivity contribution in [2.24, 2.45) is 5.92 Å². The van der Waals surface area contributed by atoms with E-state index in [1.807, 2.05) is 0 Å². The quantitative estimate of drug-likeness (QED) is 0.668. The monoisotopic (exact) mass is 273 g/mol. The number of nitrogens with one attached hydrogen (secondary N) is 1. The standard InChI is InChI=1S/C10H16N3O4P/c14-5-7-3-8(4-9(7)17-18(15)16)13-10-1-2-11-6-12-10/h1-2,6-9,14,18H,3-5H2,(H,15,16)(H,11,12,13)/t7?,8?,9-/m0/s1. The lowest BCUT2D eigenvalue weighted by Crippen LogP contribution is -2.18. The molecule has 1 saturated carbocycles. The number of aliphatic hydroxyl groups is 1. The Kier molecular flexibility index (Phi) is 4.66. The van der Waals surface area contributed by atoms with Crippen LogP contribution in [0.5, 0.6) is 0 Å². The molecule has 2 rings (SSSR count). The van der Waals surface area contributed by atoms with Crippen molar-refractivity contribution in [3.63, 3.8) is 0 Å². The van der Waals surface area contributed by atoms with Gasteiger partial charge >= 0.3 is 8.25 Å². The zero-order chi connectivity index (χ0) is 13.0. The third-order valence-corrected chi connectivity index (χ3v) is 3.55. The fraction of sp³-hybridized carbons (Fsp3) is 0.600. The highest BCUT2D eigenvalue weighted by Crippen LogP contribution is 2.35. The van der Waals surface area contributed by atoms with Crippen LogP contribution in [-0.2, 0) is 9.09 Å². The molecule has 18 heavy (non-hydrogen) atoms. The van der Waals surface area contributed by atoms with E-state index in [0.717, 1.165) is 0 Å². The molecule has 100 valence electrons. The zero-order valence-electron chi connectivity index (χ0n) is 9.69. The highest BCUT2D eigenvalue weighted by Gasteiger charge is 2.35. The Hall–Kier alpha value is -1.01. The Morgan fingerprint density at radius 3 is 3.00 bits per heavy atom. The zero-order valence-corrected chi connectivity index (χ0v) is 10.7. The molecule has 0 aliphatic heterocycles. The van der Waals surface area contributed by atoms with Gasteiger partial charge in [-0.1, -0.05) is 0 Å². The van der Waals surface area contributed by atoms with Gasteiger partial charge in [0.05, 0.1) is 6.10 Å². The Morgan fingerprint density at radius 1 is 1.56 bits per heavy atom. The van der Waals surface area contributed by atoms with Crippen LogP contribution in [0.3, 0.4) is 0 Å². The molecule has 1 aromatic heterocycles. The van der Waals surface area contributed by atoms with Crippen molar-refractivity contribution in [2.75, 3.05) is 11.9 Å². The molecule has 3 N–H and O–H groups in total. The molecule has 7 nitrogen and oxygen atoms in total. The summed E-state index contributed by atoms with van der Waals surface area (Å²) in [6.45, 7) is -0.0538. The third-order valence-electron chi connectivity index (χ3n) is 3.05. The van der Waals surface area contributed by atoms with Crippen LogP contribution < -0.4 is 5.32 Å². The van der Waals surface area contributed by atoms with Crippen LogP contribution in [0.2, 0.25) is 0 Å². The highest BCUT2D eigenvalue weighted by molar-refractivity contribution is 7.32. The Balaban J connectivity index is 1.94. The predicted octanol–water partition coefficient (Wildman–Crippen LogP) is 0.427. The van der Waals surface area contributed by atoms with Crippen LogP contribution in [0, 0.1) is 5.92 Å². The van der Waals surface area contributed by atoms with E-state index in [1.54, 1.807) is 12.3 Å². The number of anilines is 1. The first-order chi connectivity index (χ1) is 8.69. The first-order valence-electron chi connectivity index (χ1n) is 5.72. The predicted molar refractivity (Wildman–Crippen MR) is 65.3 cm³/mol. The molecule has 1 fully saturated rings. The van der Waals surface area contributed by atoms with Crippen LogP contribution in [0.15, 0.2) is 18.6 Å². The Labute approximate surface area is 105 Å². The first kappa shape index (κ1) is 13.4. The molecule has 3 unspecified atom stereocenters. The second kappa shape index (κ2) is 6.24. The molecule has 8 heteroatoms. The molecule has 0 aromatic carbocycles. The molecule has 0 bridgehead atoms. The summed E-state index contributed by atoms with van der Waals surface area (Å²) >= 11 is 0. The van der Waals surface area contributed by atoms with E-state index in [-0.39, 0.29) is 24.7 Å². The molecule has 1 aromatic rings. The maximum Gasteiger partial charge on any atom is 0.316 e. The van der Waals surface area contributed by atoms with Crippen LogP contribution in [0.1, 0.15) is 12.8 Å². The summed E-state index contributed by atoms with van der Waals surface area (Å²) in [7, 11) is -2.97. The van der Waals surface area contributed by atoms with E-state index in [2.05, 4.69) is 15.3 Å². The van der Waals surface area contributed by atoms with Gasteiger partial charge in [0.2, 0.25) is 0 Å². The maximum absolute atomic E-state index is 10.7. The third kappa shape index (κ3) is 3.49. The minimum atomic E-state index is -2.97.